The van der Waals surface area contributed by atoms with Crippen molar-refractivity contribution >= 4 is 14.2 Å². The zero-order chi connectivity index (χ0) is 16.4. The fraction of sp³-hybridized carbons (Fsp3) is 0.389. The van der Waals surface area contributed by atoms with Gasteiger partial charge in [-0.3, -0.25) is 9.36 Å². The van der Waals surface area contributed by atoms with Crippen LogP contribution in [0.15, 0.2) is 48.8 Å². The number of nitrogens with zero attached hydrogens (tertiary/aromatic N) is 1. The first kappa shape index (κ1) is 16.7. The molecule has 0 aliphatic carbocycles. The fourth-order valence-electron chi connectivity index (χ4n) is 1.89. The highest BCUT2D eigenvalue weighted by Crippen LogP contribution is 2.37. The monoisotopic (exact) mass is 315 g/mol. The van der Waals surface area contributed by atoms with Crippen LogP contribution in [0.2, 0.25) is 18.1 Å². The molecule has 0 spiro atoms. The maximum atomic E-state index is 12.4. The van der Waals surface area contributed by atoms with Crippen LogP contribution < -0.4 is 0 Å². The molecule has 0 N–H and O–H groups in total. The average Bonchev–Trinajstić information content (AvgIpc) is 2.98. The molecule has 0 bridgehead atoms. The summed E-state index contributed by atoms with van der Waals surface area (Å²) in [5, 5.41) is 0.186. The molecule has 2 aromatic rings. The van der Waals surface area contributed by atoms with Crippen LogP contribution in [0, 0.1) is 0 Å². The maximum Gasteiger partial charge on any atom is 0.261 e. The van der Waals surface area contributed by atoms with Gasteiger partial charge in [-0.15, -0.1) is 0 Å². The van der Waals surface area contributed by atoms with E-state index in [-0.39, 0.29) is 10.9 Å². The zero-order valence-electron chi connectivity index (χ0n) is 14.1. The summed E-state index contributed by atoms with van der Waals surface area (Å²) < 4.78 is 7.82. The van der Waals surface area contributed by atoms with Crippen molar-refractivity contribution < 1.29 is 9.22 Å². The Hall–Kier alpha value is -1.65. The summed E-state index contributed by atoms with van der Waals surface area (Å²) in [6, 6.07) is 11.4. The lowest BCUT2D eigenvalue weighted by Crippen LogP contribution is -2.40. The Bertz CT molecular complexity index is 639. The maximum absolute atomic E-state index is 12.4. The largest absolute Gasteiger partial charge is 0.413 e. The van der Waals surface area contributed by atoms with Gasteiger partial charge >= 0.3 is 0 Å². The molecule has 0 aliphatic heterocycles. The number of carbonyl (C=O) groups is 1. The van der Waals surface area contributed by atoms with Crippen molar-refractivity contribution in [1.29, 1.82) is 0 Å². The van der Waals surface area contributed by atoms with Crippen molar-refractivity contribution in [3.63, 3.8) is 0 Å². The van der Waals surface area contributed by atoms with Crippen LogP contribution in [0.25, 0.3) is 0 Å². The van der Waals surface area contributed by atoms with Crippen LogP contribution in [0.5, 0.6) is 0 Å². The van der Waals surface area contributed by atoms with Crippen LogP contribution in [0.3, 0.4) is 0 Å². The molecule has 1 aromatic heterocycles. The molecular weight excluding hydrogens is 290 g/mol. The third-order valence-electron chi connectivity index (χ3n) is 4.42. The normalized spacial score (nSPS) is 12.4. The molecule has 0 amide bonds. The van der Waals surface area contributed by atoms with Gasteiger partial charge in [0.25, 0.3) is 5.91 Å². The van der Waals surface area contributed by atoms with Crippen molar-refractivity contribution in [3.8, 4) is 0 Å². The van der Waals surface area contributed by atoms with Gasteiger partial charge in [-0.2, -0.15) is 0 Å². The van der Waals surface area contributed by atoms with Crippen LogP contribution in [-0.4, -0.2) is 18.8 Å². The van der Waals surface area contributed by atoms with Crippen LogP contribution in [-0.2, 0) is 11.0 Å². The summed E-state index contributed by atoms with van der Waals surface area (Å²) in [5.74, 6) is -0.0147. The number of rotatable bonds is 4. The van der Waals surface area contributed by atoms with E-state index in [2.05, 4.69) is 33.9 Å². The fourth-order valence-corrected chi connectivity index (χ4v) is 2.85. The smallest absolute Gasteiger partial charge is 0.261 e. The molecule has 1 aromatic carbocycles. The molecule has 1 heterocycles. The first-order chi connectivity index (χ1) is 10.2. The molecular formula is C18H25NO2Si. The van der Waals surface area contributed by atoms with Crippen LogP contribution >= 0.6 is 0 Å². The van der Waals surface area contributed by atoms with E-state index < -0.39 is 8.32 Å². The van der Waals surface area contributed by atoms with Crippen molar-refractivity contribution in [2.45, 2.75) is 45.5 Å². The highest BCUT2D eigenvalue weighted by atomic mass is 28.4. The third kappa shape index (κ3) is 3.75. The van der Waals surface area contributed by atoms with Crippen LogP contribution in [0.4, 0.5) is 0 Å². The molecule has 0 saturated heterocycles. The minimum Gasteiger partial charge on any atom is -0.413 e. The number of hydrogen-bond donors (Lipinski definition) is 0. The van der Waals surface area contributed by atoms with Crippen molar-refractivity contribution in [1.82, 2.24) is 4.57 Å². The van der Waals surface area contributed by atoms with Gasteiger partial charge in [0.1, 0.15) is 0 Å². The van der Waals surface area contributed by atoms with Gasteiger partial charge in [0.15, 0.2) is 8.32 Å². The topological polar surface area (TPSA) is 31.2 Å². The van der Waals surface area contributed by atoms with Gasteiger partial charge < -0.3 is 4.43 Å². The molecule has 0 radical (unpaired) electrons. The summed E-state index contributed by atoms with van der Waals surface area (Å²) >= 11 is 0. The van der Waals surface area contributed by atoms with Crippen molar-refractivity contribution in [3.05, 3.63) is 59.9 Å². The van der Waals surface area contributed by atoms with E-state index in [1.54, 1.807) is 17.0 Å². The van der Waals surface area contributed by atoms with E-state index in [1.807, 2.05) is 36.4 Å². The highest BCUT2D eigenvalue weighted by Gasteiger charge is 2.37. The predicted octanol–water partition coefficient (Wildman–Crippen LogP) is 4.70. The van der Waals surface area contributed by atoms with E-state index in [0.29, 0.717) is 12.2 Å². The Labute approximate surface area is 134 Å². The van der Waals surface area contributed by atoms with Crippen molar-refractivity contribution in [2.75, 3.05) is 0 Å². The van der Waals surface area contributed by atoms with E-state index in [9.17, 15) is 4.79 Å². The highest BCUT2D eigenvalue weighted by molar-refractivity contribution is 6.74. The Balaban J connectivity index is 2.11. The van der Waals surface area contributed by atoms with E-state index in [0.717, 1.165) is 5.56 Å². The second kappa shape index (κ2) is 6.22. The second-order valence-electron chi connectivity index (χ2n) is 7.14. The van der Waals surface area contributed by atoms with Gasteiger partial charge in [-0.1, -0.05) is 32.9 Å². The van der Waals surface area contributed by atoms with E-state index >= 15 is 0 Å². The summed E-state index contributed by atoms with van der Waals surface area (Å²) in [5.41, 5.74) is 1.73. The minimum absolute atomic E-state index is 0.0147. The molecule has 0 aliphatic rings. The number of carbonyl (C=O) groups excluding carboxylic acids is 1. The second-order valence-corrected chi connectivity index (χ2v) is 12.0. The molecule has 0 fully saturated rings. The predicted molar refractivity (Wildman–Crippen MR) is 92.6 cm³/mol. The van der Waals surface area contributed by atoms with Crippen molar-refractivity contribution in [2.24, 2.45) is 0 Å². The van der Waals surface area contributed by atoms with Gasteiger partial charge in [0.05, 0.1) is 6.61 Å². The lowest BCUT2D eigenvalue weighted by molar-refractivity contribution is 0.0960. The van der Waals surface area contributed by atoms with E-state index in [1.165, 1.54) is 0 Å². The zero-order valence-corrected chi connectivity index (χ0v) is 15.1. The lowest BCUT2D eigenvalue weighted by Gasteiger charge is -2.36. The first-order valence-electron chi connectivity index (χ1n) is 7.61. The number of hydrogen-bond acceptors (Lipinski definition) is 2. The Morgan fingerprint density at radius 3 is 2.36 bits per heavy atom. The SMILES string of the molecule is CC(C)(C)[Si](C)(C)OCc1cccc(C(=O)n2cccc2)c1. The van der Waals surface area contributed by atoms with Gasteiger partial charge in [0.2, 0.25) is 0 Å². The standard InChI is InChI=1S/C18H25NO2Si/c1-18(2,3)22(4,5)21-14-15-9-8-10-16(13-15)17(20)19-11-6-7-12-19/h6-13H,14H2,1-5H3. The number of aromatic nitrogens is 1. The molecule has 3 nitrogen and oxygen atoms in total. The van der Waals surface area contributed by atoms with Gasteiger partial charge in [0, 0.05) is 18.0 Å². The first-order valence-corrected chi connectivity index (χ1v) is 10.5. The Morgan fingerprint density at radius 1 is 1.14 bits per heavy atom. The quantitative estimate of drug-likeness (QED) is 0.766. The molecule has 0 saturated carbocycles. The Kier molecular flexibility index (Phi) is 4.73. The molecule has 118 valence electrons. The molecule has 0 unspecified atom stereocenters. The Morgan fingerprint density at radius 2 is 1.77 bits per heavy atom. The summed E-state index contributed by atoms with van der Waals surface area (Å²) in [7, 11) is -1.78. The van der Waals surface area contributed by atoms with Gasteiger partial charge in [-0.25, -0.2) is 0 Å². The summed E-state index contributed by atoms with van der Waals surface area (Å²) in [6.45, 7) is 11.7. The lowest BCUT2D eigenvalue weighted by atomic mass is 10.1. The summed E-state index contributed by atoms with van der Waals surface area (Å²) in [6.07, 6.45) is 3.53. The third-order valence-corrected chi connectivity index (χ3v) is 8.90. The van der Waals surface area contributed by atoms with Gasteiger partial charge in [-0.05, 0) is 48.0 Å². The molecule has 2 rings (SSSR count). The van der Waals surface area contributed by atoms with Crippen LogP contribution in [0.1, 0.15) is 36.7 Å². The molecule has 0 atom stereocenters. The van der Waals surface area contributed by atoms with E-state index in [4.69, 9.17) is 4.43 Å². The average molecular weight is 315 g/mol. The molecule has 22 heavy (non-hydrogen) atoms. The minimum atomic E-state index is -1.78. The summed E-state index contributed by atoms with van der Waals surface area (Å²) in [4.78, 5) is 12.4. The molecule has 4 heteroatoms. The number of benzene rings is 1.